The summed E-state index contributed by atoms with van der Waals surface area (Å²) in [6, 6.07) is 11.7. The molecule has 0 aromatic heterocycles. The topological polar surface area (TPSA) is 55.1 Å². The number of benzene rings is 1. The summed E-state index contributed by atoms with van der Waals surface area (Å²) in [5.74, 6) is 2.20. The molecule has 6 rings (SSSR count). The van der Waals surface area contributed by atoms with E-state index in [0.717, 1.165) is 57.2 Å². The molecule has 0 radical (unpaired) electrons. The molecular formula is C24H33ClN2O. The molecule has 1 amide bonds. The van der Waals surface area contributed by atoms with Crippen molar-refractivity contribution in [3.8, 4) is 0 Å². The molecule has 4 bridgehead atoms. The summed E-state index contributed by atoms with van der Waals surface area (Å²) in [6.07, 6.45) is 9.92. The molecule has 0 saturated heterocycles. The molecule has 1 aromatic rings. The van der Waals surface area contributed by atoms with Gasteiger partial charge in [0.05, 0.1) is 0 Å². The highest BCUT2D eigenvalue weighted by atomic mass is 35.5. The largest absolute Gasteiger partial charge is 0.353 e. The summed E-state index contributed by atoms with van der Waals surface area (Å²) in [6.45, 7) is 0. The van der Waals surface area contributed by atoms with Gasteiger partial charge < -0.3 is 11.1 Å². The summed E-state index contributed by atoms with van der Waals surface area (Å²) in [7, 11) is 0. The maximum atomic E-state index is 13.3. The summed E-state index contributed by atoms with van der Waals surface area (Å²) in [5, 5.41) is 3.42. The van der Waals surface area contributed by atoms with Gasteiger partial charge in [-0.3, -0.25) is 4.79 Å². The average Bonchev–Trinajstić information content (AvgIpc) is 2.70. The third kappa shape index (κ3) is 3.10. The SMILES string of the molecule is NC1CCC(NC(=O)C2C3CC4(CCl)CC2CC(c2ccccc2)(C3)C4)CC1. The third-order valence-electron chi connectivity index (χ3n) is 8.52. The lowest BCUT2D eigenvalue weighted by Gasteiger charge is -2.64. The van der Waals surface area contributed by atoms with Gasteiger partial charge in [-0.15, -0.1) is 11.6 Å². The van der Waals surface area contributed by atoms with Crippen LogP contribution in [0, 0.1) is 23.2 Å². The number of carbonyl (C=O) groups is 1. The number of nitrogens with one attached hydrogen (secondary N) is 1. The van der Waals surface area contributed by atoms with Crippen molar-refractivity contribution < 1.29 is 4.79 Å². The maximum Gasteiger partial charge on any atom is 0.223 e. The highest BCUT2D eigenvalue weighted by Crippen LogP contribution is 2.67. The number of rotatable bonds is 4. The van der Waals surface area contributed by atoms with Crippen LogP contribution in [0.25, 0.3) is 0 Å². The molecular weight excluding hydrogens is 368 g/mol. The summed E-state index contributed by atoms with van der Waals surface area (Å²) < 4.78 is 0. The minimum Gasteiger partial charge on any atom is -0.353 e. The van der Waals surface area contributed by atoms with Gasteiger partial charge in [-0.2, -0.15) is 0 Å². The Morgan fingerprint density at radius 1 is 1.04 bits per heavy atom. The van der Waals surface area contributed by atoms with Crippen LogP contribution < -0.4 is 11.1 Å². The van der Waals surface area contributed by atoms with Crippen LogP contribution >= 0.6 is 11.6 Å². The molecule has 5 saturated carbocycles. The van der Waals surface area contributed by atoms with E-state index in [4.69, 9.17) is 17.3 Å². The van der Waals surface area contributed by atoms with Gasteiger partial charge in [-0.1, -0.05) is 30.3 Å². The van der Waals surface area contributed by atoms with Crippen molar-refractivity contribution in [2.75, 3.05) is 5.88 Å². The third-order valence-corrected chi connectivity index (χ3v) is 9.08. The van der Waals surface area contributed by atoms with E-state index in [1.54, 1.807) is 0 Å². The van der Waals surface area contributed by atoms with Gasteiger partial charge in [-0.25, -0.2) is 0 Å². The van der Waals surface area contributed by atoms with E-state index < -0.39 is 0 Å². The van der Waals surface area contributed by atoms with Gasteiger partial charge in [0.2, 0.25) is 5.91 Å². The number of hydrogen-bond donors (Lipinski definition) is 2. The second kappa shape index (κ2) is 7.02. The summed E-state index contributed by atoms with van der Waals surface area (Å²) in [4.78, 5) is 13.3. The molecule has 5 aliphatic carbocycles. The van der Waals surface area contributed by atoms with Crippen molar-refractivity contribution in [3.05, 3.63) is 35.9 Å². The molecule has 5 fully saturated rings. The summed E-state index contributed by atoms with van der Waals surface area (Å²) in [5.41, 5.74) is 7.98. The Morgan fingerprint density at radius 2 is 1.68 bits per heavy atom. The van der Waals surface area contributed by atoms with Crippen LogP contribution in [0.5, 0.6) is 0 Å². The van der Waals surface area contributed by atoms with E-state index >= 15 is 0 Å². The Bertz CT molecular complexity index is 711. The quantitative estimate of drug-likeness (QED) is 0.737. The fraction of sp³-hybridized carbons (Fsp3) is 0.708. The molecule has 1 aromatic carbocycles. The zero-order chi connectivity index (χ0) is 19.4. The predicted molar refractivity (Wildman–Crippen MR) is 113 cm³/mol. The molecule has 28 heavy (non-hydrogen) atoms. The van der Waals surface area contributed by atoms with Crippen LogP contribution in [0.3, 0.4) is 0 Å². The maximum absolute atomic E-state index is 13.3. The average molecular weight is 401 g/mol. The van der Waals surface area contributed by atoms with Gasteiger partial charge in [0, 0.05) is 23.9 Å². The molecule has 152 valence electrons. The van der Waals surface area contributed by atoms with Crippen molar-refractivity contribution in [1.29, 1.82) is 0 Å². The van der Waals surface area contributed by atoms with Crippen LogP contribution in [0.15, 0.2) is 30.3 Å². The minimum atomic E-state index is 0.184. The second-order valence-electron chi connectivity index (χ2n) is 10.4. The van der Waals surface area contributed by atoms with Crippen LogP contribution in [-0.4, -0.2) is 23.9 Å². The van der Waals surface area contributed by atoms with E-state index in [2.05, 4.69) is 35.6 Å². The van der Waals surface area contributed by atoms with Crippen LogP contribution in [0.2, 0.25) is 0 Å². The Labute approximate surface area is 173 Å². The van der Waals surface area contributed by atoms with Gasteiger partial charge >= 0.3 is 0 Å². The fourth-order valence-corrected chi connectivity index (χ4v) is 7.91. The lowest BCUT2D eigenvalue weighted by Crippen LogP contribution is -2.61. The monoisotopic (exact) mass is 400 g/mol. The Balaban J connectivity index is 1.37. The van der Waals surface area contributed by atoms with Crippen LogP contribution in [0.1, 0.15) is 63.4 Å². The molecule has 0 aliphatic heterocycles. The minimum absolute atomic E-state index is 0.184. The first kappa shape index (κ1) is 18.9. The number of hydrogen-bond acceptors (Lipinski definition) is 2. The first-order valence-corrected chi connectivity index (χ1v) is 11.7. The normalized spacial score (nSPS) is 44.4. The lowest BCUT2D eigenvalue weighted by molar-refractivity contribution is -0.148. The highest BCUT2D eigenvalue weighted by molar-refractivity contribution is 6.18. The van der Waals surface area contributed by atoms with Crippen molar-refractivity contribution in [3.63, 3.8) is 0 Å². The van der Waals surface area contributed by atoms with Gasteiger partial charge in [0.15, 0.2) is 0 Å². The number of halogens is 1. The molecule has 2 atom stereocenters. The van der Waals surface area contributed by atoms with Crippen molar-refractivity contribution in [1.82, 2.24) is 5.32 Å². The van der Waals surface area contributed by atoms with E-state index in [-0.39, 0.29) is 16.7 Å². The van der Waals surface area contributed by atoms with Crippen LogP contribution in [0.4, 0.5) is 0 Å². The van der Waals surface area contributed by atoms with E-state index in [1.165, 1.54) is 12.0 Å². The first-order chi connectivity index (χ1) is 13.5. The first-order valence-electron chi connectivity index (χ1n) is 11.2. The van der Waals surface area contributed by atoms with Crippen molar-refractivity contribution in [2.45, 2.75) is 75.3 Å². The molecule has 0 spiro atoms. The van der Waals surface area contributed by atoms with Crippen molar-refractivity contribution in [2.24, 2.45) is 28.9 Å². The number of nitrogens with two attached hydrogens (primary N) is 1. The molecule has 4 heteroatoms. The van der Waals surface area contributed by atoms with E-state index in [1.807, 2.05) is 0 Å². The number of alkyl halides is 1. The zero-order valence-electron chi connectivity index (χ0n) is 16.7. The predicted octanol–water partition coefficient (Wildman–Crippen LogP) is 4.38. The summed E-state index contributed by atoms with van der Waals surface area (Å²) >= 11 is 6.56. The molecule has 0 heterocycles. The molecule has 2 unspecified atom stereocenters. The fourth-order valence-electron chi connectivity index (χ4n) is 7.60. The standard InChI is InChI=1S/C24H33ClN2O/c25-15-23-10-16-12-24(14-23,18-4-2-1-3-5-18)13-17(11-23)21(16)22(28)27-20-8-6-19(26)7-9-20/h1-5,16-17,19-21H,6-15,26H2,(H,27,28). The van der Waals surface area contributed by atoms with E-state index in [0.29, 0.717) is 29.8 Å². The van der Waals surface area contributed by atoms with Gasteiger partial charge in [-0.05, 0) is 86.0 Å². The van der Waals surface area contributed by atoms with Crippen molar-refractivity contribution >= 4 is 17.5 Å². The smallest absolute Gasteiger partial charge is 0.223 e. The number of carbonyl (C=O) groups excluding carboxylic acids is 1. The van der Waals surface area contributed by atoms with Gasteiger partial charge in [0.1, 0.15) is 0 Å². The van der Waals surface area contributed by atoms with E-state index in [9.17, 15) is 4.79 Å². The molecule has 3 nitrogen and oxygen atoms in total. The Morgan fingerprint density at radius 3 is 2.29 bits per heavy atom. The zero-order valence-corrected chi connectivity index (χ0v) is 17.5. The number of amides is 1. The highest BCUT2D eigenvalue weighted by Gasteiger charge is 2.62. The van der Waals surface area contributed by atoms with Gasteiger partial charge in [0.25, 0.3) is 0 Å². The molecule has 3 N–H and O–H groups in total. The Kier molecular flexibility index (Phi) is 4.75. The van der Waals surface area contributed by atoms with Crippen LogP contribution in [-0.2, 0) is 10.2 Å². The lowest BCUT2D eigenvalue weighted by atomic mass is 9.40. The Hall–Kier alpha value is -1.06. The molecule has 5 aliphatic rings. The second-order valence-corrected chi connectivity index (χ2v) is 10.7.